The van der Waals surface area contributed by atoms with E-state index in [1.165, 1.54) is 0 Å². The predicted octanol–water partition coefficient (Wildman–Crippen LogP) is 1.45. The lowest BCUT2D eigenvalue weighted by molar-refractivity contribution is 0.166. The molecule has 0 amide bonds. The van der Waals surface area contributed by atoms with Crippen LogP contribution in [0, 0.1) is 13.8 Å². The third-order valence-corrected chi connectivity index (χ3v) is 3.32. The molecule has 0 bridgehead atoms. The molecule has 1 aliphatic rings. The van der Waals surface area contributed by atoms with E-state index in [1.807, 2.05) is 6.92 Å². The van der Waals surface area contributed by atoms with Gasteiger partial charge >= 0.3 is 0 Å². The molecule has 7 nitrogen and oxygen atoms in total. The molecule has 0 radical (unpaired) electrons. The van der Waals surface area contributed by atoms with Crippen molar-refractivity contribution in [3.63, 3.8) is 0 Å². The topological polar surface area (TPSA) is 81.1 Å². The highest BCUT2D eigenvalue weighted by atomic mass is 16.5. The van der Waals surface area contributed by atoms with Crippen molar-refractivity contribution >= 4 is 0 Å². The van der Waals surface area contributed by atoms with Gasteiger partial charge in [-0.05, 0) is 26.3 Å². The minimum atomic E-state index is 0.305. The van der Waals surface area contributed by atoms with Crippen LogP contribution in [0.4, 0.5) is 0 Å². The lowest BCUT2D eigenvalue weighted by atomic mass is 9.98. The Hall–Kier alpha value is -1.76. The van der Waals surface area contributed by atoms with Gasteiger partial charge in [0, 0.05) is 13.5 Å². The molecule has 19 heavy (non-hydrogen) atoms. The van der Waals surface area contributed by atoms with E-state index < -0.39 is 0 Å². The van der Waals surface area contributed by atoms with Gasteiger partial charge in [-0.3, -0.25) is 4.90 Å². The lowest BCUT2D eigenvalue weighted by Crippen LogP contribution is -2.34. The fourth-order valence-corrected chi connectivity index (χ4v) is 2.47. The van der Waals surface area contributed by atoms with Crippen LogP contribution < -0.4 is 0 Å². The van der Waals surface area contributed by atoms with Gasteiger partial charge in [0.1, 0.15) is 0 Å². The van der Waals surface area contributed by atoms with E-state index in [0.29, 0.717) is 30.1 Å². The molecule has 0 aromatic carbocycles. The van der Waals surface area contributed by atoms with E-state index in [-0.39, 0.29) is 0 Å². The number of likely N-dealkylation sites (tertiary alicyclic amines) is 1. The van der Waals surface area contributed by atoms with Gasteiger partial charge in [0.25, 0.3) is 0 Å². The van der Waals surface area contributed by atoms with E-state index in [0.717, 1.165) is 31.8 Å². The fraction of sp³-hybridized carbons (Fsp3) is 0.667. The lowest BCUT2D eigenvalue weighted by Gasteiger charge is -2.29. The molecule has 1 aliphatic heterocycles. The average Bonchev–Trinajstić information content (AvgIpc) is 2.99. The fourth-order valence-electron chi connectivity index (χ4n) is 2.47. The van der Waals surface area contributed by atoms with Crippen LogP contribution in [0.2, 0.25) is 0 Å². The van der Waals surface area contributed by atoms with Crippen LogP contribution in [0.3, 0.4) is 0 Å². The maximum Gasteiger partial charge on any atom is 0.231 e. The van der Waals surface area contributed by atoms with Crippen LogP contribution in [-0.4, -0.2) is 38.3 Å². The first-order chi connectivity index (χ1) is 9.20. The van der Waals surface area contributed by atoms with Gasteiger partial charge in [0.05, 0.1) is 12.5 Å². The molecule has 3 heterocycles. The number of piperidine rings is 1. The quantitative estimate of drug-likeness (QED) is 0.828. The summed E-state index contributed by atoms with van der Waals surface area (Å²) in [7, 11) is 0. The maximum absolute atomic E-state index is 5.42. The Kier molecular flexibility index (Phi) is 3.29. The normalized spacial score (nSPS) is 20.8. The van der Waals surface area contributed by atoms with Gasteiger partial charge in [-0.25, -0.2) is 0 Å². The van der Waals surface area contributed by atoms with E-state index in [9.17, 15) is 0 Å². The van der Waals surface area contributed by atoms with Crippen LogP contribution in [0.25, 0.3) is 0 Å². The number of aryl methyl sites for hydroxylation is 2. The van der Waals surface area contributed by atoms with Crippen LogP contribution in [0.5, 0.6) is 0 Å². The monoisotopic (exact) mass is 263 g/mol. The second-order valence-corrected chi connectivity index (χ2v) is 4.97. The molecule has 1 saturated heterocycles. The van der Waals surface area contributed by atoms with E-state index in [2.05, 4.69) is 25.2 Å². The molecule has 0 aliphatic carbocycles. The van der Waals surface area contributed by atoms with Crippen molar-refractivity contribution in [3.05, 3.63) is 23.5 Å². The van der Waals surface area contributed by atoms with Crippen molar-refractivity contribution in [1.82, 2.24) is 25.2 Å². The molecule has 0 N–H and O–H groups in total. The highest BCUT2D eigenvalue weighted by Gasteiger charge is 2.26. The van der Waals surface area contributed by atoms with Crippen LogP contribution in [0.1, 0.15) is 42.3 Å². The average molecular weight is 263 g/mol. The Morgan fingerprint density at radius 2 is 2.21 bits per heavy atom. The summed E-state index contributed by atoms with van der Waals surface area (Å²) < 4.78 is 10.7. The number of aromatic nitrogens is 4. The molecule has 1 fully saturated rings. The van der Waals surface area contributed by atoms with Crippen molar-refractivity contribution in [2.24, 2.45) is 0 Å². The molecule has 2 aromatic rings. The predicted molar refractivity (Wildman–Crippen MR) is 65.3 cm³/mol. The van der Waals surface area contributed by atoms with Crippen molar-refractivity contribution < 1.29 is 8.94 Å². The summed E-state index contributed by atoms with van der Waals surface area (Å²) in [6.07, 6.45) is 2.19. The van der Waals surface area contributed by atoms with Gasteiger partial charge in [0.2, 0.25) is 17.7 Å². The van der Waals surface area contributed by atoms with Crippen molar-refractivity contribution in [2.75, 3.05) is 13.1 Å². The summed E-state index contributed by atoms with van der Waals surface area (Å²) >= 11 is 0. The molecule has 1 unspecified atom stereocenters. The highest BCUT2D eigenvalue weighted by molar-refractivity contribution is 4.96. The zero-order valence-corrected chi connectivity index (χ0v) is 11.2. The Morgan fingerprint density at radius 1 is 1.32 bits per heavy atom. The van der Waals surface area contributed by atoms with E-state index >= 15 is 0 Å². The Morgan fingerprint density at radius 3 is 2.89 bits per heavy atom. The van der Waals surface area contributed by atoms with Gasteiger partial charge in [-0.2, -0.15) is 4.98 Å². The molecular formula is C12H17N5O2. The molecule has 0 saturated carbocycles. The van der Waals surface area contributed by atoms with Crippen LogP contribution >= 0.6 is 0 Å². The van der Waals surface area contributed by atoms with Crippen molar-refractivity contribution in [3.8, 4) is 0 Å². The van der Waals surface area contributed by atoms with Crippen molar-refractivity contribution in [2.45, 2.75) is 39.2 Å². The molecular weight excluding hydrogens is 246 g/mol. The summed E-state index contributed by atoms with van der Waals surface area (Å²) in [4.78, 5) is 6.62. The second kappa shape index (κ2) is 5.08. The molecule has 102 valence electrons. The van der Waals surface area contributed by atoms with Gasteiger partial charge in [-0.15, -0.1) is 10.2 Å². The second-order valence-electron chi connectivity index (χ2n) is 4.97. The third-order valence-electron chi connectivity index (χ3n) is 3.32. The zero-order valence-electron chi connectivity index (χ0n) is 11.2. The zero-order chi connectivity index (χ0) is 13.2. The largest absolute Gasteiger partial charge is 0.424 e. The first kappa shape index (κ1) is 12.3. The number of nitrogens with zero attached hydrogens (tertiary/aromatic N) is 5. The first-order valence-corrected chi connectivity index (χ1v) is 6.52. The Labute approximate surface area is 111 Å². The maximum atomic E-state index is 5.42. The minimum Gasteiger partial charge on any atom is -0.424 e. The number of hydrogen-bond acceptors (Lipinski definition) is 7. The van der Waals surface area contributed by atoms with E-state index in [4.69, 9.17) is 8.94 Å². The summed E-state index contributed by atoms with van der Waals surface area (Å²) in [5.74, 6) is 3.01. The SMILES string of the molecule is Cc1noc(C2CCCN(Cc3nnc(C)o3)C2)n1. The van der Waals surface area contributed by atoms with Crippen molar-refractivity contribution in [1.29, 1.82) is 0 Å². The first-order valence-electron chi connectivity index (χ1n) is 6.52. The summed E-state index contributed by atoms with van der Waals surface area (Å²) in [6, 6.07) is 0. The standard InChI is InChI=1S/C12H17N5O2/c1-8-13-12(19-16-8)10-4-3-5-17(6-10)7-11-15-14-9(2)18-11/h10H,3-7H2,1-2H3. The Bertz CT molecular complexity index is 550. The Balaban J connectivity index is 1.64. The third kappa shape index (κ3) is 2.81. The smallest absolute Gasteiger partial charge is 0.231 e. The van der Waals surface area contributed by atoms with E-state index in [1.54, 1.807) is 6.92 Å². The molecule has 2 aromatic heterocycles. The molecule has 1 atom stereocenters. The van der Waals surface area contributed by atoms with Gasteiger partial charge in [-0.1, -0.05) is 5.16 Å². The summed E-state index contributed by atoms with van der Waals surface area (Å²) in [5, 5.41) is 11.7. The molecule has 7 heteroatoms. The number of rotatable bonds is 3. The van der Waals surface area contributed by atoms with Crippen LogP contribution in [-0.2, 0) is 6.54 Å². The summed E-state index contributed by atoms with van der Waals surface area (Å²) in [6.45, 7) is 6.25. The van der Waals surface area contributed by atoms with Gasteiger partial charge < -0.3 is 8.94 Å². The number of hydrogen-bond donors (Lipinski definition) is 0. The van der Waals surface area contributed by atoms with Crippen LogP contribution in [0.15, 0.2) is 8.94 Å². The van der Waals surface area contributed by atoms with Gasteiger partial charge in [0.15, 0.2) is 5.82 Å². The molecule has 0 spiro atoms. The highest BCUT2D eigenvalue weighted by Crippen LogP contribution is 2.26. The summed E-state index contributed by atoms with van der Waals surface area (Å²) in [5.41, 5.74) is 0. The molecule has 3 rings (SSSR count). The minimum absolute atomic E-state index is 0.305.